The zero-order valence-electron chi connectivity index (χ0n) is 6.88. The molecule has 0 aromatic heterocycles. The molecule has 0 heterocycles. The summed E-state index contributed by atoms with van der Waals surface area (Å²) in [5.41, 5.74) is 0. The van der Waals surface area contributed by atoms with Crippen LogP contribution in [0.5, 0.6) is 0 Å². The van der Waals surface area contributed by atoms with Gasteiger partial charge in [-0.25, -0.2) is 0 Å². The van der Waals surface area contributed by atoms with E-state index >= 15 is 0 Å². The molecule has 0 spiro atoms. The summed E-state index contributed by atoms with van der Waals surface area (Å²) >= 11 is 1.83. The van der Waals surface area contributed by atoms with Crippen molar-refractivity contribution >= 4 is 11.9 Å². The van der Waals surface area contributed by atoms with Gasteiger partial charge in [0.1, 0.15) is 13.1 Å². The van der Waals surface area contributed by atoms with Gasteiger partial charge in [-0.2, -0.15) is 0 Å². The largest absolute Gasteiger partial charge is 0.266 e. The Labute approximate surface area is 73.6 Å². The fourth-order valence-electron chi connectivity index (χ4n) is 0.700. The van der Waals surface area contributed by atoms with Crippen LogP contribution in [0.4, 0.5) is 0 Å². The fraction of sp³-hybridized carbons (Fsp3) is 0.333. The second-order valence-corrected chi connectivity index (χ2v) is 3.32. The Bertz CT molecular complexity index is 122. The molecule has 11 heavy (non-hydrogen) atoms. The van der Waals surface area contributed by atoms with Crippen molar-refractivity contribution < 1.29 is 4.31 Å². The highest BCUT2D eigenvalue weighted by Crippen LogP contribution is 1.85. The maximum atomic E-state index is 3.70. The van der Waals surface area contributed by atoms with Crippen LogP contribution in [0, 0.1) is 0 Å². The van der Waals surface area contributed by atoms with Crippen molar-refractivity contribution in [2.75, 3.05) is 18.8 Å². The van der Waals surface area contributed by atoms with E-state index in [1.165, 1.54) is 4.31 Å². The molecule has 0 bridgehead atoms. The first-order chi connectivity index (χ1) is 5.35. The molecule has 0 fully saturated rings. The van der Waals surface area contributed by atoms with E-state index in [-0.39, 0.29) is 0 Å². The maximum Gasteiger partial charge on any atom is 0.106 e. The quantitative estimate of drug-likeness (QED) is 0.442. The lowest BCUT2D eigenvalue weighted by Gasteiger charge is -2.11. The van der Waals surface area contributed by atoms with Crippen molar-refractivity contribution in [2.45, 2.75) is 0 Å². The Kier molecular flexibility index (Phi) is 7.31. The molecule has 0 aliphatic heterocycles. The number of hydrogen-bond acceptors (Lipinski definition) is 1. The lowest BCUT2D eigenvalue weighted by Crippen LogP contribution is -3.05. The van der Waals surface area contributed by atoms with Crippen LogP contribution >= 0.6 is 11.9 Å². The third kappa shape index (κ3) is 5.95. The van der Waals surface area contributed by atoms with Crippen LogP contribution in [0.15, 0.2) is 38.0 Å². The normalized spacial score (nSPS) is 9.55. The van der Waals surface area contributed by atoms with Crippen LogP contribution in [0.3, 0.4) is 0 Å². The molecule has 0 aromatic carbocycles. The molecule has 0 amide bonds. The van der Waals surface area contributed by atoms with Gasteiger partial charge >= 0.3 is 0 Å². The van der Waals surface area contributed by atoms with Crippen molar-refractivity contribution in [2.24, 2.45) is 0 Å². The van der Waals surface area contributed by atoms with Crippen LogP contribution in [-0.2, 0) is 0 Å². The molecule has 0 saturated heterocycles. The molecule has 62 valence electrons. The van der Waals surface area contributed by atoms with E-state index in [1.54, 1.807) is 0 Å². The van der Waals surface area contributed by atoms with Gasteiger partial charge in [-0.15, -0.1) is 6.58 Å². The van der Waals surface area contributed by atoms with E-state index in [9.17, 15) is 0 Å². The average molecular weight is 170 g/mol. The molecular weight excluding hydrogens is 154 g/mol. The van der Waals surface area contributed by atoms with Gasteiger partial charge in [0.15, 0.2) is 0 Å². The number of nitrogens with one attached hydrogen (secondary N) is 1. The van der Waals surface area contributed by atoms with E-state index in [0.29, 0.717) is 0 Å². The molecule has 0 aliphatic rings. The second-order valence-electron chi connectivity index (χ2n) is 2.12. The first-order valence-electron chi connectivity index (χ1n) is 3.65. The molecule has 0 aliphatic carbocycles. The zero-order chi connectivity index (χ0) is 8.53. The molecule has 0 aromatic rings. The minimum atomic E-state index is 0.977. The van der Waals surface area contributed by atoms with Crippen molar-refractivity contribution in [3.63, 3.8) is 0 Å². The van der Waals surface area contributed by atoms with Crippen molar-refractivity contribution in [3.8, 4) is 0 Å². The summed E-state index contributed by atoms with van der Waals surface area (Å²) in [6.45, 7) is 13.0. The van der Waals surface area contributed by atoms with Gasteiger partial charge in [-0.3, -0.25) is 4.31 Å². The lowest BCUT2D eigenvalue weighted by atomic mass is 10.5. The van der Waals surface area contributed by atoms with E-state index < -0.39 is 0 Å². The molecule has 1 N–H and O–H groups in total. The van der Waals surface area contributed by atoms with Gasteiger partial charge in [0.05, 0.1) is 17.7 Å². The van der Waals surface area contributed by atoms with Gasteiger partial charge in [-0.1, -0.05) is 19.2 Å². The van der Waals surface area contributed by atoms with E-state index in [4.69, 9.17) is 0 Å². The smallest absolute Gasteiger partial charge is 0.106 e. The highest BCUT2D eigenvalue weighted by Gasteiger charge is 2.02. The van der Waals surface area contributed by atoms with E-state index in [0.717, 1.165) is 18.8 Å². The summed E-state index contributed by atoms with van der Waals surface area (Å²) in [6.07, 6.45) is 5.76. The fourth-order valence-corrected chi connectivity index (χ4v) is 1.52. The zero-order valence-corrected chi connectivity index (χ0v) is 7.70. The minimum absolute atomic E-state index is 0.977. The number of hydrogen-bond donors (Lipinski definition) is 1. The van der Waals surface area contributed by atoms with E-state index in [1.807, 2.05) is 30.2 Å². The molecule has 0 atom stereocenters. The third-order valence-electron chi connectivity index (χ3n) is 1.15. The number of rotatable bonds is 7. The Morgan fingerprint density at radius 2 is 1.55 bits per heavy atom. The van der Waals surface area contributed by atoms with Crippen molar-refractivity contribution in [1.82, 2.24) is 0 Å². The Hall–Kier alpha value is -0.470. The van der Waals surface area contributed by atoms with Gasteiger partial charge in [0, 0.05) is 0 Å². The predicted octanol–water partition coefficient (Wildman–Crippen LogP) is 1.08. The molecule has 0 unspecified atom stereocenters. The third-order valence-corrected chi connectivity index (χ3v) is 2.29. The molecule has 1 nitrogen and oxygen atoms in total. The first-order valence-corrected chi connectivity index (χ1v) is 4.63. The van der Waals surface area contributed by atoms with Crippen LogP contribution in [-0.4, -0.2) is 18.8 Å². The second kappa shape index (κ2) is 7.63. The molecule has 2 heteroatoms. The Balaban J connectivity index is 3.57. The summed E-state index contributed by atoms with van der Waals surface area (Å²) in [7, 11) is 0. The maximum absolute atomic E-state index is 3.70. The number of quaternary nitrogens is 1. The summed E-state index contributed by atoms with van der Waals surface area (Å²) in [4.78, 5) is 0. The summed E-state index contributed by atoms with van der Waals surface area (Å²) < 4.78 is 1.41. The lowest BCUT2D eigenvalue weighted by molar-refractivity contribution is -0.739. The predicted molar refractivity (Wildman–Crippen MR) is 53.7 cm³/mol. The van der Waals surface area contributed by atoms with Crippen molar-refractivity contribution in [1.29, 1.82) is 0 Å². The van der Waals surface area contributed by atoms with Gasteiger partial charge in [-0.05, 0) is 12.2 Å². The van der Waals surface area contributed by atoms with Gasteiger partial charge < -0.3 is 0 Å². The SMILES string of the molecule is C=CCS[NH+](CC=C)CC=C. The summed E-state index contributed by atoms with van der Waals surface area (Å²) in [5, 5.41) is 0. The highest BCUT2D eigenvalue weighted by molar-refractivity contribution is 7.93. The Morgan fingerprint density at radius 1 is 1.00 bits per heavy atom. The standard InChI is InChI=1S/C9H15NS/c1-4-7-10(8-5-2)11-9-6-3/h4-6H,1-3,7-9H2/p+1. The molecule has 0 rings (SSSR count). The highest BCUT2D eigenvalue weighted by atomic mass is 32.2. The van der Waals surface area contributed by atoms with Crippen molar-refractivity contribution in [3.05, 3.63) is 38.0 Å². The van der Waals surface area contributed by atoms with E-state index in [2.05, 4.69) is 19.7 Å². The van der Waals surface area contributed by atoms with Crippen LogP contribution in [0.25, 0.3) is 0 Å². The minimum Gasteiger partial charge on any atom is -0.266 e. The topological polar surface area (TPSA) is 4.44 Å². The summed E-state index contributed by atoms with van der Waals surface area (Å²) in [5.74, 6) is 0.983. The molecular formula is C9H16NS+. The van der Waals surface area contributed by atoms with Gasteiger partial charge in [0.25, 0.3) is 0 Å². The van der Waals surface area contributed by atoms with Crippen LogP contribution < -0.4 is 4.31 Å². The average Bonchev–Trinajstić information content (AvgIpc) is 2.01. The van der Waals surface area contributed by atoms with Crippen LogP contribution in [0.2, 0.25) is 0 Å². The molecule has 0 radical (unpaired) electrons. The Morgan fingerprint density at radius 3 is 1.91 bits per heavy atom. The van der Waals surface area contributed by atoms with Gasteiger partial charge in [0.2, 0.25) is 0 Å². The molecule has 0 saturated carbocycles. The summed E-state index contributed by atoms with van der Waals surface area (Å²) in [6, 6.07) is 0. The van der Waals surface area contributed by atoms with Crippen LogP contribution in [0.1, 0.15) is 0 Å². The monoisotopic (exact) mass is 170 g/mol. The first kappa shape index (κ1) is 10.5.